The molecule has 0 aliphatic carbocycles. The van der Waals surface area contributed by atoms with Crippen LogP contribution >= 0.6 is 0 Å². The number of rotatable bonds is 1. The third-order valence-corrected chi connectivity index (χ3v) is 1.17. The highest BCUT2D eigenvalue weighted by atomic mass is 16.3. The van der Waals surface area contributed by atoms with Gasteiger partial charge in [0.05, 0.1) is 0 Å². The van der Waals surface area contributed by atoms with E-state index in [9.17, 15) is 0 Å². The van der Waals surface area contributed by atoms with Crippen LogP contribution in [-0.4, -0.2) is 15.1 Å². The minimum absolute atomic E-state index is 0.477. The molecule has 1 N–H and O–H groups in total. The van der Waals surface area contributed by atoms with Crippen LogP contribution < -0.4 is 0 Å². The van der Waals surface area contributed by atoms with Gasteiger partial charge in [-0.05, 0) is 19.4 Å². The molecule has 54 valence electrons. The van der Waals surface area contributed by atoms with Gasteiger partial charge in [-0.15, -0.1) is 0 Å². The van der Waals surface area contributed by atoms with E-state index in [1.54, 1.807) is 19.3 Å². The molecule has 10 heavy (non-hydrogen) atoms. The summed E-state index contributed by atoms with van der Waals surface area (Å²) in [5, 5.41) is 8.99. The number of aryl methyl sites for hydroxylation is 1. The number of nitrogens with zero attached hydrogens (tertiary/aromatic N) is 2. The number of aliphatic hydroxyl groups excluding tert-OH is 1. The van der Waals surface area contributed by atoms with Crippen LogP contribution in [-0.2, 0) is 0 Å². The number of hydrogen-bond donors (Lipinski definition) is 1. The molecule has 3 heteroatoms. The predicted molar refractivity (Wildman–Crippen MR) is 37.4 cm³/mol. The molecular formula is C7H10N2O. The topological polar surface area (TPSA) is 46.0 Å². The van der Waals surface area contributed by atoms with E-state index in [1.807, 2.05) is 6.92 Å². The molecule has 0 radical (unpaired) electrons. The summed E-state index contributed by atoms with van der Waals surface area (Å²) in [6, 6.07) is 0. The third-order valence-electron chi connectivity index (χ3n) is 1.17. The predicted octanol–water partition coefficient (Wildman–Crippen LogP) is 0.838. The first-order chi connectivity index (χ1) is 4.70. The lowest BCUT2D eigenvalue weighted by Gasteiger charge is -2.00. The van der Waals surface area contributed by atoms with Gasteiger partial charge in [0.2, 0.25) is 0 Å². The average Bonchev–Trinajstić information content (AvgIpc) is 1.88. The van der Waals surface area contributed by atoms with Gasteiger partial charge in [0.1, 0.15) is 6.10 Å². The summed E-state index contributed by atoms with van der Waals surface area (Å²) in [4.78, 5) is 7.83. The summed E-state index contributed by atoms with van der Waals surface area (Å²) < 4.78 is 0. The van der Waals surface area contributed by atoms with Crippen molar-refractivity contribution in [3.8, 4) is 0 Å². The van der Waals surface area contributed by atoms with Crippen molar-refractivity contribution in [3.05, 3.63) is 23.8 Å². The summed E-state index contributed by atoms with van der Waals surface area (Å²) in [5.41, 5.74) is 1.00. The number of aromatic nitrogens is 2. The summed E-state index contributed by atoms with van der Waals surface area (Å²) in [5.74, 6) is 0.477. The molecule has 1 heterocycles. The molecule has 0 saturated heterocycles. The van der Waals surface area contributed by atoms with E-state index in [-0.39, 0.29) is 0 Å². The van der Waals surface area contributed by atoms with E-state index in [0.717, 1.165) is 5.56 Å². The quantitative estimate of drug-likeness (QED) is 0.625. The first-order valence-corrected chi connectivity index (χ1v) is 3.17. The van der Waals surface area contributed by atoms with E-state index in [0.29, 0.717) is 5.82 Å². The Kier molecular flexibility index (Phi) is 1.97. The lowest BCUT2D eigenvalue weighted by Crippen LogP contribution is -1.98. The van der Waals surface area contributed by atoms with Gasteiger partial charge in [0.25, 0.3) is 0 Å². The second-order valence-corrected chi connectivity index (χ2v) is 2.29. The highest BCUT2D eigenvalue weighted by Crippen LogP contribution is 2.03. The molecule has 3 nitrogen and oxygen atoms in total. The number of hydrogen-bond acceptors (Lipinski definition) is 3. The smallest absolute Gasteiger partial charge is 0.156 e. The van der Waals surface area contributed by atoms with Crippen LogP contribution in [0.2, 0.25) is 0 Å². The SMILES string of the molecule is Cc1cnc(C(C)O)nc1. The standard InChI is InChI=1S/C7H10N2O/c1-5-3-8-7(6(2)10)9-4-5/h3-4,6,10H,1-2H3. The summed E-state index contributed by atoms with van der Waals surface area (Å²) in [7, 11) is 0. The Morgan fingerprint density at radius 2 is 1.90 bits per heavy atom. The molecule has 0 aliphatic heterocycles. The molecule has 0 spiro atoms. The minimum Gasteiger partial charge on any atom is -0.385 e. The third kappa shape index (κ3) is 1.51. The van der Waals surface area contributed by atoms with Gasteiger partial charge in [0, 0.05) is 12.4 Å². The minimum atomic E-state index is -0.569. The Hall–Kier alpha value is -0.960. The molecule has 0 aliphatic rings. The summed E-state index contributed by atoms with van der Waals surface area (Å²) >= 11 is 0. The fourth-order valence-corrected chi connectivity index (χ4v) is 0.618. The molecule has 0 amide bonds. The largest absolute Gasteiger partial charge is 0.385 e. The molecular weight excluding hydrogens is 128 g/mol. The van der Waals surface area contributed by atoms with Crippen molar-refractivity contribution in [2.45, 2.75) is 20.0 Å². The van der Waals surface area contributed by atoms with Gasteiger partial charge in [-0.2, -0.15) is 0 Å². The normalized spacial score (nSPS) is 13.1. The first-order valence-electron chi connectivity index (χ1n) is 3.17. The maximum absolute atomic E-state index is 8.99. The van der Waals surface area contributed by atoms with Crippen LogP contribution in [0.3, 0.4) is 0 Å². The zero-order chi connectivity index (χ0) is 7.56. The van der Waals surface area contributed by atoms with E-state index >= 15 is 0 Å². The van der Waals surface area contributed by atoms with Crippen molar-refractivity contribution in [1.29, 1.82) is 0 Å². The molecule has 0 fully saturated rings. The average molecular weight is 138 g/mol. The fraction of sp³-hybridized carbons (Fsp3) is 0.429. The Morgan fingerprint density at radius 1 is 1.40 bits per heavy atom. The van der Waals surface area contributed by atoms with Gasteiger partial charge in [0.15, 0.2) is 5.82 Å². The van der Waals surface area contributed by atoms with E-state index in [2.05, 4.69) is 9.97 Å². The fourth-order valence-electron chi connectivity index (χ4n) is 0.618. The lowest BCUT2D eigenvalue weighted by atomic mass is 10.3. The van der Waals surface area contributed by atoms with Crippen molar-refractivity contribution in [2.75, 3.05) is 0 Å². The molecule has 0 aromatic carbocycles. The second kappa shape index (κ2) is 2.75. The van der Waals surface area contributed by atoms with E-state index < -0.39 is 6.10 Å². The van der Waals surface area contributed by atoms with Gasteiger partial charge in [-0.3, -0.25) is 0 Å². The zero-order valence-corrected chi connectivity index (χ0v) is 6.07. The molecule has 1 aromatic heterocycles. The Labute approximate surface area is 59.8 Å². The molecule has 1 unspecified atom stereocenters. The van der Waals surface area contributed by atoms with Crippen LogP contribution in [0.25, 0.3) is 0 Å². The van der Waals surface area contributed by atoms with Crippen molar-refractivity contribution in [2.24, 2.45) is 0 Å². The molecule has 1 aromatic rings. The van der Waals surface area contributed by atoms with Crippen molar-refractivity contribution in [3.63, 3.8) is 0 Å². The van der Waals surface area contributed by atoms with E-state index in [1.165, 1.54) is 0 Å². The maximum atomic E-state index is 8.99. The molecule has 0 saturated carbocycles. The van der Waals surface area contributed by atoms with Crippen molar-refractivity contribution < 1.29 is 5.11 Å². The van der Waals surface area contributed by atoms with Crippen LogP contribution in [0, 0.1) is 6.92 Å². The number of aliphatic hydroxyl groups is 1. The van der Waals surface area contributed by atoms with Crippen molar-refractivity contribution in [1.82, 2.24) is 9.97 Å². The van der Waals surface area contributed by atoms with Crippen LogP contribution in [0.15, 0.2) is 12.4 Å². The van der Waals surface area contributed by atoms with E-state index in [4.69, 9.17) is 5.11 Å². The maximum Gasteiger partial charge on any atom is 0.156 e. The van der Waals surface area contributed by atoms with Crippen LogP contribution in [0.5, 0.6) is 0 Å². The Balaban J connectivity index is 2.89. The summed E-state index contributed by atoms with van der Waals surface area (Å²) in [6.07, 6.45) is 2.81. The zero-order valence-electron chi connectivity index (χ0n) is 6.07. The highest BCUT2D eigenvalue weighted by Gasteiger charge is 2.00. The lowest BCUT2D eigenvalue weighted by molar-refractivity contribution is 0.189. The second-order valence-electron chi connectivity index (χ2n) is 2.29. The molecule has 1 rings (SSSR count). The van der Waals surface area contributed by atoms with Gasteiger partial charge < -0.3 is 5.11 Å². The van der Waals surface area contributed by atoms with Crippen LogP contribution in [0.4, 0.5) is 0 Å². The monoisotopic (exact) mass is 138 g/mol. The Bertz CT molecular complexity index is 205. The van der Waals surface area contributed by atoms with Crippen LogP contribution in [0.1, 0.15) is 24.4 Å². The van der Waals surface area contributed by atoms with Gasteiger partial charge >= 0.3 is 0 Å². The Morgan fingerprint density at radius 3 is 2.30 bits per heavy atom. The molecule has 1 atom stereocenters. The van der Waals surface area contributed by atoms with Gasteiger partial charge in [-0.1, -0.05) is 0 Å². The molecule has 0 bridgehead atoms. The highest BCUT2D eigenvalue weighted by molar-refractivity contribution is 5.02. The van der Waals surface area contributed by atoms with Crippen molar-refractivity contribution >= 4 is 0 Å². The summed E-state index contributed by atoms with van der Waals surface area (Å²) in [6.45, 7) is 3.55. The van der Waals surface area contributed by atoms with Gasteiger partial charge in [-0.25, -0.2) is 9.97 Å². The first kappa shape index (κ1) is 7.15.